The minimum Gasteiger partial charge on any atom is -0.507 e. The molecule has 0 atom stereocenters. The Morgan fingerprint density at radius 1 is 1.32 bits per heavy atom. The number of carbonyl (C=O) groups excluding carboxylic acids is 1. The monoisotopic (exact) mass is 266 g/mol. The van der Waals surface area contributed by atoms with E-state index in [-0.39, 0.29) is 16.9 Å². The lowest BCUT2D eigenvalue weighted by Gasteiger charge is -2.24. The highest BCUT2D eigenvalue weighted by Gasteiger charge is 2.18. The third-order valence-electron chi connectivity index (χ3n) is 2.82. The summed E-state index contributed by atoms with van der Waals surface area (Å²) in [5.74, 6) is -1.61. The highest BCUT2D eigenvalue weighted by Crippen LogP contribution is 2.22. The first-order chi connectivity index (χ1) is 8.75. The van der Waals surface area contributed by atoms with Crippen molar-refractivity contribution in [3.63, 3.8) is 0 Å². The van der Waals surface area contributed by atoms with Crippen molar-refractivity contribution in [3.8, 4) is 5.75 Å². The van der Waals surface area contributed by atoms with E-state index in [1.807, 2.05) is 20.8 Å². The molecule has 6 heteroatoms. The summed E-state index contributed by atoms with van der Waals surface area (Å²) < 4.78 is 0. The molecule has 6 nitrogen and oxygen atoms in total. The van der Waals surface area contributed by atoms with Crippen molar-refractivity contribution in [3.05, 3.63) is 23.8 Å². The van der Waals surface area contributed by atoms with Crippen molar-refractivity contribution < 1.29 is 19.8 Å². The smallest absolute Gasteiger partial charge is 0.339 e. The van der Waals surface area contributed by atoms with Gasteiger partial charge in [0.1, 0.15) is 11.3 Å². The average Bonchev–Trinajstić information content (AvgIpc) is 2.27. The van der Waals surface area contributed by atoms with Crippen LogP contribution in [0.5, 0.6) is 5.75 Å². The van der Waals surface area contributed by atoms with E-state index in [9.17, 15) is 14.7 Å². The summed E-state index contributed by atoms with van der Waals surface area (Å²) in [5, 5.41) is 23.6. The molecule has 104 valence electrons. The van der Waals surface area contributed by atoms with Gasteiger partial charge in [0.05, 0.1) is 0 Å². The van der Waals surface area contributed by atoms with Crippen LogP contribution in [0.2, 0.25) is 0 Å². The van der Waals surface area contributed by atoms with Crippen LogP contribution < -0.4 is 10.6 Å². The van der Waals surface area contributed by atoms with Gasteiger partial charge in [-0.2, -0.15) is 0 Å². The second-order valence-electron chi connectivity index (χ2n) is 4.85. The van der Waals surface area contributed by atoms with Crippen molar-refractivity contribution in [2.75, 3.05) is 5.32 Å². The first-order valence-electron chi connectivity index (χ1n) is 5.90. The Morgan fingerprint density at radius 2 is 1.95 bits per heavy atom. The molecule has 0 fully saturated rings. The lowest BCUT2D eigenvalue weighted by molar-refractivity contribution is 0.0694. The molecule has 1 aromatic carbocycles. The number of phenols is 1. The van der Waals surface area contributed by atoms with Gasteiger partial charge in [-0.05, 0) is 32.4 Å². The molecule has 0 bridgehead atoms. The Bertz CT molecular complexity index is 497. The first kappa shape index (κ1) is 14.8. The highest BCUT2D eigenvalue weighted by molar-refractivity contribution is 5.94. The highest BCUT2D eigenvalue weighted by atomic mass is 16.4. The predicted octanol–water partition coefficient (Wildman–Crippen LogP) is 2.40. The maximum Gasteiger partial charge on any atom is 0.339 e. The topological polar surface area (TPSA) is 98.7 Å². The molecule has 0 aliphatic rings. The molecule has 19 heavy (non-hydrogen) atoms. The Balaban J connectivity index is 2.76. The molecule has 0 heterocycles. The van der Waals surface area contributed by atoms with E-state index in [0.29, 0.717) is 5.69 Å². The Kier molecular flexibility index (Phi) is 4.37. The summed E-state index contributed by atoms with van der Waals surface area (Å²) >= 11 is 0. The Labute approximate surface area is 111 Å². The van der Waals surface area contributed by atoms with E-state index in [1.54, 1.807) is 0 Å². The third kappa shape index (κ3) is 4.17. The van der Waals surface area contributed by atoms with Crippen molar-refractivity contribution >= 4 is 17.7 Å². The number of amides is 2. The number of anilines is 1. The fourth-order valence-corrected chi connectivity index (χ4v) is 1.35. The van der Waals surface area contributed by atoms with Crippen LogP contribution >= 0.6 is 0 Å². The van der Waals surface area contributed by atoms with E-state index in [0.717, 1.165) is 6.42 Å². The zero-order chi connectivity index (χ0) is 14.6. The minimum atomic E-state index is -1.22. The van der Waals surface area contributed by atoms with Crippen LogP contribution in [0, 0.1) is 0 Å². The normalized spacial score (nSPS) is 10.9. The molecule has 0 aliphatic heterocycles. The molecule has 4 N–H and O–H groups in total. The van der Waals surface area contributed by atoms with Crippen LogP contribution in [0.25, 0.3) is 0 Å². The molecule has 0 aromatic heterocycles. The van der Waals surface area contributed by atoms with Crippen molar-refractivity contribution in [2.45, 2.75) is 32.7 Å². The van der Waals surface area contributed by atoms with Gasteiger partial charge >= 0.3 is 12.0 Å². The number of aromatic carboxylic acids is 1. The SMILES string of the molecule is CCC(C)(C)NC(=O)Nc1ccc(C(=O)O)c(O)c1. The summed E-state index contributed by atoms with van der Waals surface area (Å²) in [4.78, 5) is 22.4. The molecule has 1 aromatic rings. The van der Waals surface area contributed by atoms with Gasteiger partial charge in [0.2, 0.25) is 0 Å². The molecule has 0 saturated heterocycles. The van der Waals surface area contributed by atoms with E-state index in [4.69, 9.17) is 5.11 Å². The van der Waals surface area contributed by atoms with Gasteiger partial charge in [-0.25, -0.2) is 9.59 Å². The summed E-state index contributed by atoms with van der Waals surface area (Å²) in [6, 6.07) is 3.44. The number of carboxylic acids is 1. The van der Waals surface area contributed by atoms with Gasteiger partial charge in [-0.15, -0.1) is 0 Å². The second-order valence-corrected chi connectivity index (χ2v) is 4.85. The molecule has 2 amide bonds. The van der Waals surface area contributed by atoms with Crippen LogP contribution in [0.1, 0.15) is 37.6 Å². The van der Waals surface area contributed by atoms with Gasteiger partial charge in [0.15, 0.2) is 0 Å². The number of urea groups is 1. The van der Waals surface area contributed by atoms with Crippen LogP contribution in [-0.4, -0.2) is 27.8 Å². The van der Waals surface area contributed by atoms with Gasteiger partial charge in [-0.3, -0.25) is 0 Å². The number of carboxylic acid groups (broad SMARTS) is 1. The lowest BCUT2D eigenvalue weighted by atomic mass is 10.0. The van der Waals surface area contributed by atoms with Crippen molar-refractivity contribution in [2.24, 2.45) is 0 Å². The number of hydrogen-bond acceptors (Lipinski definition) is 3. The summed E-state index contributed by atoms with van der Waals surface area (Å²) in [6.45, 7) is 5.73. The molecular weight excluding hydrogens is 248 g/mol. The maximum atomic E-state index is 11.7. The van der Waals surface area contributed by atoms with Crippen LogP contribution in [0.4, 0.5) is 10.5 Å². The number of aromatic hydroxyl groups is 1. The maximum absolute atomic E-state index is 11.7. The Hall–Kier alpha value is -2.24. The summed E-state index contributed by atoms with van der Waals surface area (Å²) in [7, 11) is 0. The number of nitrogens with one attached hydrogen (secondary N) is 2. The molecule has 0 saturated carbocycles. The van der Waals surface area contributed by atoms with Crippen LogP contribution in [0.3, 0.4) is 0 Å². The summed E-state index contributed by atoms with van der Waals surface area (Å²) in [5.41, 5.74) is -0.223. The standard InChI is InChI=1S/C13H18N2O4/c1-4-13(2,3)15-12(19)14-8-5-6-9(11(17)18)10(16)7-8/h5-7,16H,4H2,1-3H3,(H,17,18)(H2,14,15,19). The van der Waals surface area contributed by atoms with Gasteiger partial charge in [-0.1, -0.05) is 6.92 Å². The Morgan fingerprint density at radius 3 is 2.42 bits per heavy atom. The van der Waals surface area contributed by atoms with E-state index in [2.05, 4.69) is 10.6 Å². The number of hydrogen-bond donors (Lipinski definition) is 4. The van der Waals surface area contributed by atoms with Gasteiger partial charge in [0.25, 0.3) is 0 Å². The fourth-order valence-electron chi connectivity index (χ4n) is 1.35. The van der Waals surface area contributed by atoms with Crippen molar-refractivity contribution in [1.29, 1.82) is 0 Å². The first-order valence-corrected chi connectivity index (χ1v) is 5.90. The average molecular weight is 266 g/mol. The fraction of sp³-hybridized carbons (Fsp3) is 0.385. The van der Waals surface area contributed by atoms with E-state index >= 15 is 0 Å². The summed E-state index contributed by atoms with van der Waals surface area (Å²) in [6.07, 6.45) is 0.767. The minimum absolute atomic E-state index is 0.208. The second kappa shape index (κ2) is 5.60. The van der Waals surface area contributed by atoms with Gasteiger partial charge < -0.3 is 20.8 Å². The predicted molar refractivity (Wildman–Crippen MR) is 71.6 cm³/mol. The molecule has 0 radical (unpaired) electrons. The quantitative estimate of drug-likeness (QED) is 0.672. The lowest BCUT2D eigenvalue weighted by Crippen LogP contribution is -2.45. The largest absolute Gasteiger partial charge is 0.507 e. The van der Waals surface area contributed by atoms with Crippen molar-refractivity contribution in [1.82, 2.24) is 5.32 Å². The molecule has 0 spiro atoms. The van der Waals surface area contributed by atoms with E-state index in [1.165, 1.54) is 18.2 Å². The molecule has 0 aliphatic carbocycles. The van der Waals surface area contributed by atoms with E-state index < -0.39 is 12.0 Å². The molecule has 1 rings (SSSR count). The number of carbonyl (C=O) groups is 2. The van der Waals surface area contributed by atoms with Gasteiger partial charge in [0, 0.05) is 17.3 Å². The van der Waals surface area contributed by atoms with Crippen LogP contribution in [-0.2, 0) is 0 Å². The van der Waals surface area contributed by atoms with Crippen LogP contribution in [0.15, 0.2) is 18.2 Å². The number of rotatable bonds is 4. The molecular formula is C13H18N2O4. The zero-order valence-corrected chi connectivity index (χ0v) is 11.2. The molecule has 0 unspecified atom stereocenters. The zero-order valence-electron chi connectivity index (χ0n) is 11.2. The third-order valence-corrected chi connectivity index (χ3v) is 2.82. The number of benzene rings is 1.